The maximum atomic E-state index is 12.9. The number of rotatable bonds is 4. The third kappa shape index (κ3) is 3.01. The molecule has 112 valence electrons. The average Bonchev–Trinajstić information content (AvgIpc) is 3.14. The Bertz CT molecular complexity index is 798. The van der Waals surface area contributed by atoms with Gasteiger partial charge in [-0.2, -0.15) is 4.98 Å². The number of carbonyl (C=O) groups excluding carboxylic acids is 1. The van der Waals surface area contributed by atoms with Crippen LogP contribution in [0.2, 0.25) is 0 Å². The first kappa shape index (κ1) is 14.3. The van der Waals surface area contributed by atoms with Gasteiger partial charge in [-0.15, -0.1) is 11.3 Å². The van der Waals surface area contributed by atoms with Crippen LogP contribution in [0.25, 0.3) is 11.5 Å². The summed E-state index contributed by atoms with van der Waals surface area (Å²) in [6.45, 7) is 1.62. The fourth-order valence-electron chi connectivity index (χ4n) is 1.72. The lowest BCUT2D eigenvalue weighted by Crippen LogP contribution is -2.05. The first-order valence-corrected chi connectivity index (χ1v) is 7.17. The predicted octanol–water partition coefficient (Wildman–Crippen LogP) is 3.00. The summed E-state index contributed by atoms with van der Waals surface area (Å²) in [6.07, 6.45) is 0. The molecule has 0 saturated carbocycles. The summed E-state index contributed by atoms with van der Waals surface area (Å²) in [5, 5.41) is 3.72. The topological polar surface area (TPSA) is 78.1 Å². The van der Waals surface area contributed by atoms with Crippen molar-refractivity contribution in [3.63, 3.8) is 0 Å². The monoisotopic (exact) mass is 319 g/mol. The number of halogens is 1. The van der Waals surface area contributed by atoms with Crippen molar-refractivity contribution >= 4 is 17.3 Å². The fourth-order valence-corrected chi connectivity index (χ4v) is 2.41. The van der Waals surface area contributed by atoms with Gasteiger partial charge in [-0.1, -0.05) is 5.16 Å². The molecular weight excluding hydrogens is 309 g/mol. The molecule has 2 heterocycles. The van der Waals surface area contributed by atoms with Crippen LogP contribution >= 0.6 is 11.3 Å². The Morgan fingerprint density at radius 1 is 1.36 bits per heavy atom. The van der Waals surface area contributed by atoms with Gasteiger partial charge in [-0.3, -0.25) is 0 Å². The number of hydrogen-bond acceptors (Lipinski definition) is 7. The zero-order valence-electron chi connectivity index (χ0n) is 11.4. The van der Waals surface area contributed by atoms with Crippen LogP contribution in [-0.2, 0) is 11.3 Å². The maximum Gasteiger partial charge on any atom is 0.350 e. The molecule has 0 unspecified atom stereocenters. The average molecular weight is 319 g/mol. The summed E-state index contributed by atoms with van der Waals surface area (Å²) in [7, 11) is 0. The Morgan fingerprint density at radius 2 is 2.14 bits per heavy atom. The maximum absolute atomic E-state index is 12.9. The number of esters is 1. The van der Waals surface area contributed by atoms with E-state index < -0.39 is 5.97 Å². The molecule has 0 N–H and O–H groups in total. The molecule has 3 rings (SSSR count). The van der Waals surface area contributed by atoms with Crippen LogP contribution in [0.5, 0.6) is 0 Å². The number of hydrogen-bond donors (Lipinski definition) is 0. The van der Waals surface area contributed by atoms with Crippen LogP contribution in [-0.4, -0.2) is 21.1 Å². The first-order chi connectivity index (χ1) is 10.6. The number of aryl methyl sites for hydroxylation is 1. The van der Waals surface area contributed by atoms with Crippen molar-refractivity contribution in [2.24, 2.45) is 0 Å². The van der Waals surface area contributed by atoms with Crippen LogP contribution < -0.4 is 0 Å². The second-order valence-corrected chi connectivity index (χ2v) is 5.22. The van der Waals surface area contributed by atoms with Gasteiger partial charge in [0.1, 0.15) is 10.7 Å². The standard InChI is InChI=1S/C14H10FN3O3S/c1-8-12(22-7-16-8)14(19)20-6-11-17-13(21-18-11)9-2-4-10(15)5-3-9/h2-5,7H,6H2,1H3. The highest BCUT2D eigenvalue weighted by atomic mass is 32.1. The molecule has 2 aromatic heterocycles. The Morgan fingerprint density at radius 3 is 2.82 bits per heavy atom. The molecular formula is C14H10FN3O3S. The highest BCUT2D eigenvalue weighted by molar-refractivity contribution is 7.11. The molecule has 0 amide bonds. The molecule has 0 bridgehead atoms. The van der Waals surface area contributed by atoms with Crippen molar-refractivity contribution < 1.29 is 18.4 Å². The normalized spacial score (nSPS) is 10.6. The first-order valence-electron chi connectivity index (χ1n) is 6.29. The third-order valence-electron chi connectivity index (χ3n) is 2.82. The molecule has 0 radical (unpaired) electrons. The minimum Gasteiger partial charge on any atom is -0.453 e. The van der Waals surface area contributed by atoms with Crippen LogP contribution in [0.15, 0.2) is 34.3 Å². The SMILES string of the molecule is Cc1ncsc1C(=O)OCc1noc(-c2ccc(F)cc2)n1. The number of ether oxygens (including phenoxy) is 1. The highest BCUT2D eigenvalue weighted by Gasteiger charge is 2.15. The molecule has 0 aliphatic rings. The number of aromatic nitrogens is 3. The van der Waals surface area contributed by atoms with Crippen molar-refractivity contribution in [2.45, 2.75) is 13.5 Å². The summed E-state index contributed by atoms with van der Waals surface area (Å²) in [5.74, 6) is -0.361. The third-order valence-corrected chi connectivity index (χ3v) is 3.73. The summed E-state index contributed by atoms with van der Waals surface area (Å²) in [4.78, 5) is 20.4. The van der Waals surface area contributed by atoms with Gasteiger partial charge >= 0.3 is 5.97 Å². The zero-order chi connectivity index (χ0) is 15.5. The van der Waals surface area contributed by atoms with E-state index in [9.17, 15) is 9.18 Å². The van der Waals surface area contributed by atoms with E-state index in [1.54, 1.807) is 12.4 Å². The second kappa shape index (κ2) is 6.02. The minimum absolute atomic E-state index is 0.110. The molecule has 8 heteroatoms. The second-order valence-electron chi connectivity index (χ2n) is 4.37. The van der Waals surface area contributed by atoms with E-state index in [-0.39, 0.29) is 24.1 Å². The molecule has 6 nitrogen and oxygen atoms in total. The molecule has 0 aliphatic heterocycles. The summed E-state index contributed by atoms with van der Waals surface area (Å²) in [5.41, 5.74) is 2.78. The molecule has 0 aliphatic carbocycles. The highest BCUT2D eigenvalue weighted by Crippen LogP contribution is 2.18. The van der Waals surface area contributed by atoms with Gasteiger partial charge in [-0.25, -0.2) is 14.2 Å². The van der Waals surface area contributed by atoms with E-state index in [0.29, 0.717) is 16.1 Å². The Labute approximate surface area is 128 Å². The van der Waals surface area contributed by atoms with Crippen molar-refractivity contribution in [3.8, 4) is 11.5 Å². The smallest absolute Gasteiger partial charge is 0.350 e. The van der Waals surface area contributed by atoms with Gasteiger partial charge in [0.2, 0.25) is 5.82 Å². The molecule has 22 heavy (non-hydrogen) atoms. The zero-order valence-corrected chi connectivity index (χ0v) is 12.3. The predicted molar refractivity (Wildman–Crippen MR) is 75.7 cm³/mol. The fraction of sp³-hybridized carbons (Fsp3) is 0.143. The number of thiazole rings is 1. The molecule has 0 atom stereocenters. The van der Waals surface area contributed by atoms with E-state index in [0.717, 1.165) is 0 Å². The Balaban J connectivity index is 1.66. The Kier molecular flexibility index (Phi) is 3.92. The van der Waals surface area contributed by atoms with Crippen LogP contribution in [0.3, 0.4) is 0 Å². The van der Waals surface area contributed by atoms with E-state index in [4.69, 9.17) is 9.26 Å². The van der Waals surface area contributed by atoms with Crippen molar-refractivity contribution in [3.05, 3.63) is 52.0 Å². The number of nitrogens with zero attached hydrogens (tertiary/aromatic N) is 3. The van der Waals surface area contributed by atoms with Crippen LogP contribution in [0, 0.1) is 12.7 Å². The van der Waals surface area contributed by atoms with E-state index in [1.165, 1.54) is 35.6 Å². The van der Waals surface area contributed by atoms with Crippen LogP contribution in [0.1, 0.15) is 21.2 Å². The summed E-state index contributed by atoms with van der Waals surface area (Å²) in [6, 6.07) is 5.65. The van der Waals surface area contributed by atoms with Gasteiger partial charge in [0, 0.05) is 5.56 Å². The van der Waals surface area contributed by atoms with Crippen molar-refractivity contribution in [1.29, 1.82) is 0 Å². The van der Waals surface area contributed by atoms with E-state index in [1.807, 2.05) is 0 Å². The van der Waals surface area contributed by atoms with Gasteiger partial charge in [0.15, 0.2) is 6.61 Å². The van der Waals surface area contributed by atoms with E-state index in [2.05, 4.69) is 15.1 Å². The quantitative estimate of drug-likeness (QED) is 0.688. The number of carbonyl (C=O) groups is 1. The van der Waals surface area contributed by atoms with Crippen molar-refractivity contribution in [1.82, 2.24) is 15.1 Å². The van der Waals surface area contributed by atoms with Gasteiger partial charge < -0.3 is 9.26 Å². The minimum atomic E-state index is -0.479. The van der Waals surface area contributed by atoms with Gasteiger partial charge in [-0.05, 0) is 31.2 Å². The summed E-state index contributed by atoms with van der Waals surface area (Å²) >= 11 is 1.21. The Hall–Kier alpha value is -2.61. The molecule has 3 aromatic rings. The van der Waals surface area contributed by atoms with Gasteiger partial charge in [0.25, 0.3) is 5.89 Å². The molecule has 0 saturated heterocycles. The molecule has 0 spiro atoms. The van der Waals surface area contributed by atoms with E-state index >= 15 is 0 Å². The lowest BCUT2D eigenvalue weighted by Gasteiger charge is -1.99. The van der Waals surface area contributed by atoms with Crippen LogP contribution in [0.4, 0.5) is 4.39 Å². The van der Waals surface area contributed by atoms with Crippen molar-refractivity contribution in [2.75, 3.05) is 0 Å². The molecule has 0 fully saturated rings. The largest absolute Gasteiger partial charge is 0.453 e. The lowest BCUT2D eigenvalue weighted by atomic mass is 10.2. The molecule has 1 aromatic carbocycles. The van der Waals surface area contributed by atoms with Gasteiger partial charge in [0.05, 0.1) is 11.2 Å². The lowest BCUT2D eigenvalue weighted by molar-refractivity contribution is 0.0464. The summed E-state index contributed by atoms with van der Waals surface area (Å²) < 4.78 is 23.0. The number of benzene rings is 1.